The van der Waals surface area contributed by atoms with Crippen LogP contribution in [-0.2, 0) is 42.9 Å². The molecule has 13 heteroatoms. The Kier molecular flexibility index (Phi) is 7.08. The van der Waals surface area contributed by atoms with Crippen LogP contribution < -0.4 is 4.90 Å². The molecule has 0 bridgehead atoms. The van der Waals surface area contributed by atoms with Gasteiger partial charge in [-0.3, -0.25) is 9.69 Å². The number of rotatable bonds is 6. The Hall–Kier alpha value is -3.45. The van der Waals surface area contributed by atoms with Gasteiger partial charge in [0.25, 0.3) is 5.91 Å². The lowest BCUT2D eigenvalue weighted by Crippen LogP contribution is -2.49. The van der Waals surface area contributed by atoms with Crippen molar-refractivity contribution in [1.82, 2.24) is 19.7 Å². The fourth-order valence-corrected chi connectivity index (χ4v) is 6.24. The van der Waals surface area contributed by atoms with Crippen LogP contribution in [0.4, 0.5) is 32.0 Å². The van der Waals surface area contributed by atoms with Gasteiger partial charge in [0.1, 0.15) is 12.2 Å². The predicted octanol–water partition coefficient (Wildman–Crippen LogP) is 5.28. The number of ether oxygens (including phenoxy) is 1. The standard InChI is InChI=1S/C29H29F6N5O2/c1-38-17-36-37-25(38)11-27(15-42-16-27)19-4-2-6-21(10-19)40-14-23-22(26(40)41)8-18(9-24(23)29(33,34)35)12-39-7-3-5-20(13-39)28(30,31)32/h2,4,6,8-10,17,20H,3,5,7,11-16H2,1H3. The number of anilines is 1. The second-order valence-electron chi connectivity index (χ2n) is 11.5. The normalized spacial score (nSPS) is 21.0. The second kappa shape index (κ2) is 10.4. The molecule has 224 valence electrons. The quantitative estimate of drug-likeness (QED) is 0.364. The molecule has 2 aromatic carbocycles. The van der Waals surface area contributed by atoms with E-state index in [2.05, 4.69) is 10.2 Å². The van der Waals surface area contributed by atoms with Gasteiger partial charge in [-0.05, 0) is 60.3 Å². The number of hydrogen-bond donors (Lipinski definition) is 0. The lowest BCUT2D eigenvalue weighted by Gasteiger charge is -2.42. The number of carbonyl (C=O) groups is 1. The monoisotopic (exact) mass is 593 g/mol. The molecule has 42 heavy (non-hydrogen) atoms. The first kappa shape index (κ1) is 28.7. The fourth-order valence-electron chi connectivity index (χ4n) is 6.24. The summed E-state index contributed by atoms with van der Waals surface area (Å²) < 4.78 is 90.0. The molecule has 6 rings (SSSR count). The molecule has 3 aliphatic heterocycles. The molecule has 3 aliphatic rings. The number of aryl methyl sites for hydroxylation is 1. The van der Waals surface area contributed by atoms with Gasteiger partial charge in [0.15, 0.2) is 0 Å². The van der Waals surface area contributed by atoms with E-state index in [4.69, 9.17) is 4.74 Å². The Morgan fingerprint density at radius 2 is 1.88 bits per heavy atom. The molecule has 7 nitrogen and oxygen atoms in total. The van der Waals surface area contributed by atoms with Crippen LogP contribution in [0.15, 0.2) is 42.7 Å². The SMILES string of the molecule is Cn1cnnc1CC1(c2cccc(N3Cc4c(cc(CN5CCCC(C(F)(F)F)C5)cc4C(F)(F)F)C3=O)c2)COC1. The average molecular weight is 594 g/mol. The first-order valence-corrected chi connectivity index (χ1v) is 13.7. The molecule has 3 aromatic rings. The van der Waals surface area contributed by atoms with Gasteiger partial charge in [-0.2, -0.15) is 26.3 Å². The van der Waals surface area contributed by atoms with E-state index in [-0.39, 0.29) is 42.7 Å². The van der Waals surface area contributed by atoms with Gasteiger partial charge in [-0.25, -0.2) is 0 Å². The van der Waals surface area contributed by atoms with Crippen molar-refractivity contribution >= 4 is 11.6 Å². The lowest BCUT2D eigenvalue weighted by molar-refractivity contribution is -0.187. The number of piperidine rings is 1. The van der Waals surface area contributed by atoms with Gasteiger partial charge < -0.3 is 14.2 Å². The molecule has 0 aliphatic carbocycles. The summed E-state index contributed by atoms with van der Waals surface area (Å²) in [7, 11) is 1.84. The highest BCUT2D eigenvalue weighted by Gasteiger charge is 2.44. The molecule has 0 spiro atoms. The summed E-state index contributed by atoms with van der Waals surface area (Å²) in [6.45, 7) is 0.539. The molecule has 4 heterocycles. The van der Waals surface area contributed by atoms with Gasteiger partial charge in [0.2, 0.25) is 0 Å². The van der Waals surface area contributed by atoms with Crippen molar-refractivity contribution in [2.45, 2.75) is 50.1 Å². The van der Waals surface area contributed by atoms with Crippen LogP contribution in [0.1, 0.15) is 51.3 Å². The maximum atomic E-state index is 14.2. The largest absolute Gasteiger partial charge is 0.416 e. The number of carbonyl (C=O) groups excluding carboxylic acids is 1. The van der Waals surface area contributed by atoms with Crippen LogP contribution in [0.5, 0.6) is 0 Å². The maximum absolute atomic E-state index is 14.2. The van der Waals surface area contributed by atoms with Crippen LogP contribution in [0.2, 0.25) is 0 Å². The lowest BCUT2D eigenvalue weighted by atomic mass is 9.75. The second-order valence-corrected chi connectivity index (χ2v) is 11.5. The molecule has 1 unspecified atom stereocenters. The minimum absolute atomic E-state index is 0.00347. The molecule has 2 saturated heterocycles. The molecule has 1 atom stereocenters. The van der Waals surface area contributed by atoms with Crippen LogP contribution >= 0.6 is 0 Å². The van der Waals surface area contributed by atoms with E-state index >= 15 is 0 Å². The van der Waals surface area contributed by atoms with E-state index in [1.807, 2.05) is 23.7 Å². The highest BCUT2D eigenvalue weighted by molar-refractivity contribution is 6.10. The van der Waals surface area contributed by atoms with Crippen LogP contribution in [0.3, 0.4) is 0 Å². The van der Waals surface area contributed by atoms with Crippen molar-refractivity contribution in [3.8, 4) is 0 Å². The Labute approximate surface area is 238 Å². The minimum atomic E-state index is -4.74. The van der Waals surface area contributed by atoms with Gasteiger partial charge in [-0.1, -0.05) is 12.1 Å². The summed E-state index contributed by atoms with van der Waals surface area (Å²) >= 11 is 0. The number of nitrogens with zero attached hydrogens (tertiary/aromatic N) is 5. The Morgan fingerprint density at radius 3 is 2.52 bits per heavy atom. The summed E-state index contributed by atoms with van der Waals surface area (Å²) in [4.78, 5) is 16.4. The number of halogens is 6. The third-order valence-electron chi connectivity index (χ3n) is 8.61. The molecule has 2 fully saturated rings. The molecular formula is C29H29F6N5O2. The molecule has 0 saturated carbocycles. The van der Waals surface area contributed by atoms with Crippen molar-refractivity contribution in [1.29, 1.82) is 0 Å². The van der Waals surface area contributed by atoms with E-state index in [9.17, 15) is 31.1 Å². The van der Waals surface area contributed by atoms with Gasteiger partial charge in [0.05, 0.1) is 31.2 Å². The highest BCUT2D eigenvalue weighted by Crippen LogP contribution is 2.42. The Bertz CT molecular complexity index is 1500. The molecule has 0 N–H and O–H groups in total. The van der Waals surface area contributed by atoms with Crippen molar-refractivity contribution in [2.75, 3.05) is 31.2 Å². The summed E-state index contributed by atoms with van der Waals surface area (Å²) in [6, 6.07) is 9.54. The van der Waals surface area contributed by atoms with Gasteiger partial charge >= 0.3 is 12.4 Å². The van der Waals surface area contributed by atoms with Crippen LogP contribution in [0, 0.1) is 5.92 Å². The van der Waals surface area contributed by atoms with E-state index in [1.165, 1.54) is 15.9 Å². The first-order valence-electron chi connectivity index (χ1n) is 13.7. The number of aromatic nitrogens is 3. The molecule has 1 aromatic heterocycles. The number of hydrogen-bond acceptors (Lipinski definition) is 5. The summed E-state index contributed by atoms with van der Waals surface area (Å²) in [5.74, 6) is -1.34. The van der Waals surface area contributed by atoms with Crippen molar-refractivity contribution in [3.05, 3.63) is 76.4 Å². The average Bonchev–Trinajstić information content (AvgIpc) is 3.47. The maximum Gasteiger partial charge on any atom is 0.416 e. The van der Waals surface area contributed by atoms with Crippen molar-refractivity contribution < 1.29 is 35.9 Å². The third-order valence-corrected chi connectivity index (χ3v) is 8.61. The Balaban J connectivity index is 1.29. The Morgan fingerprint density at radius 1 is 1.10 bits per heavy atom. The number of amides is 1. The van der Waals surface area contributed by atoms with Crippen molar-refractivity contribution in [3.63, 3.8) is 0 Å². The predicted molar refractivity (Wildman–Crippen MR) is 140 cm³/mol. The zero-order valence-electron chi connectivity index (χ0n) is 22.8. The van der Waals surface area contributed by atoms with Gasteiger partial charge in [-0.15, -0.1) is 10.2 Å². The minimum Gasteiger partial charge on any atom is -0.379 e. The third kappa shape index (κ3) is 5.28. The first-order chi connectivity index (χ1) is 19.8. The van der Waals surface area contributed by atoms with E-state index in [1.54, 1.807) is 18.5 Å². The number of likely N-dealkylation sites (tertiary alicyclic amines) is 1. The molecule has 1 amide bonds. The molecular weight excluding hydrogens is 564 g/mol. The van der Waals surface area contributed by atoms with E-state index in [0.717, 1.165) is 17.5 Å². The number of alkyl halides is 6. The number of benzene rings is 2. The summed E-state index contributed by atoms with van der Waals surface area (Å²) in [6.07, 6.45) is -6.67. The van der Waals surface area contributed by atoms with E-state index in [0.29, 0.717) is 38.3 Å². The van der Waals surface area contributed by atoms with Crippen LogP contribution in [0.25, 0.3) is 0 Å². The zero-order valence-corrected chi connectivity index (χ0v) is 22.8. The van der Waals surface area contributed by atoms with Gasteiger partial charge in [0, 0.05) is 43.2 Å². The summed E-state index contributed by atoms with van der Waals surface area (Å²) in [5, 5.41) is 8.11. The zero-order chi connectivity index (χ0) is 29.9. The topological polar surface area (TPSA) is 63.5 Å². The van der Waals surface area contributed by atoms with Crippen molar-refractivity contribution in [2.24, 2.45) is 13.0 Å². The fraction of sp³-hybridized carbons (Fsp3) is 0.483. The molecule has 0 radical (unpaired) electrons. The van der Waals surface area contributed by atoms with Crippen LogP contribution in [-0.4, -0.2) is 58.1 Å². The smallest absolute Gasteiger partial charge is 0.379 e. The van der Waals surface area contributed by atoms with E-state index < -0.39 is 35.2 Å². The summed E-state index contributed by atoms with van der Waals surface area (Å²) in [5.41, 5.74) is -0.0561. The number of fused-ring (bicyclic) bond motifs is 1. The highest BCUT2D eigenvalue weighted by atomic mass is 19.4.